The Bertz CT molecular complexity index is 169. The van der Waals surface area contributed by atoms with Gasteiger partial charge in [0.05, 0.1) is 6.08 Å². The molecule has 0 radical (unpaired) electrons. The van der Waals surface area contributed by atoms with Gasteiger partial charge in [-0.05, 0) is 20.3 Å². The summed E-state index contributed by atoms with van der Waals surface area (Å²) in [6.07, 6.45) is 3.82. The van der Waals surface area contributed by atoms with Crippen LogP contribution in [0.4, 0.5) is 0 Å². The van der Waals surface area contributed by atoms with Crippen LogP contribution in [0.1, 0.15) is 27.2 Å². The third-order valence-corrected chi connectivity index (χ3v) is 2.90. The van der Waals surface area contributed by atoms with E-state index in [9.17, 15) is 4.79 Å². The molecule has 0 amide bonds. The van der Waals surface area contributed by atoms with Gasteiger partial charge in [0.1, 0.15) is 16.7 Å². The molecule has 1 aliphatic heterocycles. The minimum atomic E-state index is -0.245. The molecule has 0 unspecified atom stereocenters. The maximum absolute atomic E-state index is 9.59. The molecule has 0 atom stereocenters. The average molecular weight is 188 g/mol. The second-order valence-electron chi connectivity index (χ2n) is 3.06. The van der Waals surface area contributed by atoms with Gasteiger partial charge in [0.15, 0.2) is 0 Å². The predicted octanol–water partition coefficient (Wildman–Crippen LogP) is 0.529. The van der Waals surface area contributed by atoms with E-state index in [0.29, 0.717) is 0 Å². The first-order valence-corrected chi connectivity index (χ1v) is 4.76. The van der Waals surface area contributed by atoms with Gasteiger partial charge in [-0.25, -0.2) is 4.79 Å². The number of rotatable bonds is 2. The highest BCUT2D eigenvalue weighted by Crippen LogP contribution is 2.09. The average Bonchev–Trinajstić information content (AvgIpc) is 2.02. The zero-order chi connectivity index (χ0) is 9.61. The summed E-state index contributed by atoms with van der Waals surface area (Å²) in [6, 6.07) is 0. The van der Waals surface area contributed by atoms with Gasteiger partial charge in [0, 0.05) is 5.60 Å². The number of carbonyl (C=O) groups excluding carboxylic acids is 1. The van der Waals surface area contributed by atoms with Gasteiger partial charge in [0.2, 0.25) is 0 Å². The first-order chi connectivity index (χ1) is 5.52. The highest BCUT2D eigenvalue weighted by molar-refractivity contribution is 5.98. The second kappa shape index (κ2) is 5.11. The van der Waals surface area contributed by atoms with Crippen LogP contribution in [-0.4, -0.2) is 22.1 Å². The Balaban J connectivity index is 0.000000211. The lowest BCUT2D eigenvalue weighted by Gasteiger charge is -2.20. The highest BCUT2D eigenvalue weighted by Gasteiger charge is 2.09. The van der Waals surface area contributed by atoms with E-state index in [1.165, 1.54) is 12.3 Å². The third-order valence-electron chi connectivity index (χ3n) is 1.79. The SMILES string of the molecule is CCC(C)(C)O[SiH3].O=C1C=CO1. The molecule has 0 bridgehead atoms. The van der Waals surface area contributed by atoms with Crippen molar-refractivity contribution in [2.24, 2.45) is 0 Å². The zero-order valence-corrected chi connectivity index (χ0v) is 10.1. The fourth-order valence-corrected chi connectivity index (χ4v) is 0.557. The summed E-state index contributed by atoms with van der Waals surface area (Å²) in [6.45, 7) is 6.36. The number of ether oxygens (including phenoxy) is 1. The predicted molar refractivity (Wildman–Crippen MR) is 50.6 cm³/mol. The molecule has 70 valence electrons. The normalized spacial score (nSPS) is 14.4. The van der Waals surface area contributed by atoms with Crippen LogP contribution >= 0.6 is 0 Å². The molecule has 0 saturated carbocycles. The van der Waals surface area contributed by atoms with E-state index in [-0.39, 0.29) is 11.6 Å². The van der Waals surface area contributed by atoms with Gasteiger partial charge in [-0.3, -0.25) is 0 Å². The van der Waals surface area contributed by atoms with Gasteiger partial charge < -0.3 is 9.16 Å². The van der Waals surface area contributed by atoms with Crippen molar-refractivity contribution < 1.29 is 14.0 Å². The van der Waals surface area contributed by atoms with Crippen molar-refractivity contribution in [3.05, 3.63) is 12.3 Å². The van der Waals surface area contributed by atoms with Crippen molar-refractivity contribution in [2.75, 3.05) is 0 Å². The molecular weight excluding hydrogens is 172 g/mol. The van der Waals surface area contributed by atoms with E-state index < -0.39 is 0 Å². The Kier molecular flexibility index (Phi) is 4.85. The first kappa shape index (κ1) is 11.4. The number of carbonyl (C=O) groups is 1. The third kappa shape index (κ3) is 5.09. The molecular formula is C8H16O3Si. The number of esters is 1. The number of hydrogen-bond donors (Lipinski definition) is 0. The molecule has 0 aromatic rings. The lowest BCUT2D eigenvalue weighted by molar-refractivity contribution is -0.136. The number of cyclic esters (lactones) is 1. The molecule has 1 heterocycles. The second-order valence-corrected chi connectivity index (χ2v) is 3.47. The Labute approximate surface area is 76.3 Å². The van der Waals surface area contributed by atoms with E-state index in [1.54, 1.807) is 0 Å². The Hall–Kier alpha value is -0.613. The molecule has 0 aliphatic carbocycles. The summed E-state index contributed by atoms with van der Waals surface area (Å²) in [4.78, 5) is 9.59. The molecule has 0 N–H and O–H groups in total. The van der Waals surface area contributed by atoms with E-state index in [0.717, 1.165) is 16.9 Å². The van der Waals surface area contributed by atoms with E-state index in [4.69, 9.17) is 4.43 Å². The van der Waals surface area contributed by atoms with Gasteiger partial charge in [0.25, 0.3) is 0 Å². The van der Waals surface area contributed by atoms with Crippen LogP contribution in [0.5, 0.6) is 0 Å². The monoisotopic (exact) mass is 188 g/mol. The fraction of sp³-hybridized carbons (Fsp3) is 0.625. The van der Waals surface area contributed by atoms with Gasteiger partial charge in [-0.15, -0.1) is 0 Å². The van der Waals surface area contributed by atoms with Crippen LogP contribution in [0.25, 0.3) is 0 Å². The molecule has 3 nitrogen and oxygen atoms in total. The van der Waals surface area contributed by atoms with Crippen molar-refractivity contribution in [1.82, 2.24) is 0 Å². The summed E-state index contributed by atoms with van der Waals surface area (Å²) in [5, 5.41) is 0. The van der Waals surface area contributed by atoms with Crippen LogP contribution in [0, 0.1) is 0 Å². The molecule has 0 aromatic heterocycles. The largest absolute Gasteiger partial charge is 0.431 e. The summed E-state index contributed by atoms with van der Waals surface area (Å²) < 4.78 is 9.34. The van der Waals surface area contributed by atoms with Gasteiger partial charge >= 0.3 is 5.97 Å². The summed E-state index contributed by atoms with van der Waals surface area (Å²) in [5.74, 6) is -0.245. The quantitative estimate of drug-likeness (QED) is 0.468. The van der Waals surface area contributed by atoms with Crippen molar-refractivity contribution in [1.29, 1.82) is 0 Å². The fourth-order valence-electron chi connectivity index (χ4n) is 0.268. The molecule has 4 heteroatoms. The summed E-state index contributed by atoms with van der Waals surface area (Å²) in [7, 11) is 0.857. The Morgan fingerprint density at radius 3 is 2.08 bits per heavy atom. The lowest BCUT2D eigenvalue weighted by atomic mass is 10.1. The van der Waals surface area contributed by atoms with E-state index in [2.05, 4.69) is 25.5 Å². The Morgan fingerprint density at radius 2 is 2.08 bits per heavy atom. The maximum Gasteiger partial charge on any atom is 0.338 e. The van der Waals surface area contributed by atoms with Crippen LogP contribution in [0.2, 0.25) is 0 Å². The molecule has 0 spiro atoms. The minimum Gasteiger partial charge on any atom is -0.431 e. The maximum atomic E-state index is 9.59. The van der Waals surface area contributed by atoms with Crippen LogP contribution in [0.3, 0.4) is 0 Å². The molecule has 0 saturated heterocycles. The van der Waals surface area contributed by atoms with Crippen LogP contribution in [-0.2, 0) is 14.0 Å². The van der Waals surface area contributed by atoms with Crippen LogP contribution < -0.4 is 0 Å². The smallest absolute Gasteiger partial charge is 0.338 e. The van der Waals surface area contributed by atoms with Gasteiger partial charge in [-0.2, -0.15) is 0 Å². The standard InChI is InChI=1S/C5H14OSi.C3H2O2/c1-4-5(2,3)6-7;4-3-1-2-5-3/h4H2,1-3,7H3;1-2H. The minimum absolute atomic E-state index is 0.145. The molecule has 0 fully saturated rings. The van der Waals surface area contributed by atoms with E-state index >= 15 is 0 Å². The zero-order valence-electron chi connectivity index (χ0n) is 8.09. The number of hydrogen-bond acceptors (Lipinski definition) is 3. The lowest BCUT2D eigenvalue weighted by Crippen LogP contribution is -2.20. The summed E-state index contributed by atoms with van der Waals surface area (Å²) in [5.41, 5.74) is 0.145. The Morgan fingerprint density at radius 1 is 1.67 bits per heavy atom. The van der Waals surface area contributed by atoms with Crippen molar-refractivity contribution in [2.45, 2.75) is 32.8 Å². The first-order valence-electron chi connectivity index (χ1n) is 3.94. The van der Waals surface area contributed by atoms with Crippen molar-refractivity contribution >= 4 is 16.5 Å². The molecule has 1 rings (SSSR count). The van der Waals surface area contributed by atoms with Gasteiger partial charge in [-0.1, -0.05) is 6.92 Å². The van der Waals surface area contributed by atoms with Crippen molar-refractivity contribution in [3.63, 3.8) is 0 Å². The molecule has 1 aliphatic rings. The topological polar surface area (TPSA) is 35.5 Å². The molecule has 0 aromatic carbocycles. The highest BCUT2D eigenvalue weighted by atomic mass is 28.2. The van der Waals surface area contributed by atoms with E-state index in [1.807, 2.05) is 0 Å². The summed E-state index contributed by atoms with van der Waals surface area (Å²) >= 11 is 0. The van der Waals surface area contributed by atoms with Crippen molar-refractivity contribution in [3.8, 4) is 0 Å². The van der Waals surface area contributed by atoms with Crippen LogP contribution in [0.15, 0.2) is 12.3 Å². The molecule has 12 heavy (non-hydrogen) atoms.